The molecule has 0 amide bonds. The predicted octanol–water partition coefficient (Wildman–Crippen LogP) is 4.25. The van der Waals surface area contributed by atoms with E-state index in [1.165, 1.54) is 25.0 Å². The minimum absolute atomic E-state index is 0.0750. The summed E-state index contributed by atoms with van der Waals surface area (Å²) in [4.78, 5) is 11.0. The third kappa shape index (κ3) is 3.47. The Morgan fingerprint density at radius 2 is 2.23 bits per heavy atom. The lowest BCUT2D eigenvalue weighted by Gasteiger charge is -2.31. The highest BCUT2D eigenvalue weighted by Crippen LogP contribution is 2.24. The van der Waals surface area contributed by atoms with Crippen molar-refractivity contribution >= 4 is 29.1 Å². The summed E-state index contributed by atoms with van der Waals surface area (Å²) in [6.07, 6.45) is 4.18. The van der Waals surface area contributed by atoms with Gasteiger partial charge in [0, 0.05) is 25.0 Å². The molecule has 2 heterocycles. The normalized spacial score (nSPS) is 18.3. The lowest BCUT2D eigenvalue weighted by Crippen LogP contribution is -2.34. The minimum Gasteiger partial charge on any atom is -0.356 e. The van der Waals surface area contributed by atoms with Gasteiger partial charge in [-0.25, -0.2) is 9.37 Å². The van der Waals surface area contributed by atoms with Crippen LogP contribution in [0.2, 0.25) is 5.02 Å². The zero-order chi connectivity index (χ0) is 15.5. The summed E-state index contributed by atoms with van der Waals surface area (Å²) >= 11 is 5.79. The maximum absolute atomic E-state index is 13.2. The molecule has 0 bridgehead atoms. The monoisotopic (exact) mass is 320 g/mol. The summed E-state index contributed by atoms with van der Waals surface area (Å²) in [5.41, 5.74) is 0.663. The molecular formula is C16H18ClFN4. The van der Waals surface area contributed by atoms with E-state index in [0.29, 0.717) is 17.6 Å². The van der Waals surface area contributed by atoms with E-state index in [4.69, 9.17) is 11.6 Å². The zero-order valence-corrected chi connectivity index (χ0v) is 13.1. The van der Waals surface area contributed by atoms with Crippen LogP contribution in [0.3, 0.4) is 0 Å². The number of nitrogens with one attached hydrogen (secondary N) is 1. The third-order valence-corrected chi connectivity index (χ3v) is 4.09. The average Bonchev–Trinajstić information content (AvgIpc) is 2.51. The largest absolute Gasteiger partial charge is 0.356 e. The maximum atomic E-state index is 13.2. The van der Waals surface area contributed by atoms with Crippen molar-refractivity contribution in [3.63, 3.8) is 0 Å². The first kappa shape index (κ1) is 15.0. The molecule has 22 heavy (non-hydrogen) atoms. The number of hydrogen-bond donors (Lipinski definition) is 1. The van der Waals surface area contributed by atoms with Crippen molar-refractivity contribution in [1.82, 2.24) is 9.97 Å². The highest BCUT2D eigenvalue weighted by Gasteiger charge is 2.17. The Morgan fingerprint density at radius 3 is 3.00 bits per heavy atom. The number of halogens is 2. The van der Waals surface area contributed by atoms with Gasteiger partial charge in [0.25, 0.3) is 0 Å². The number of piperidine rings is 1. The second-order valence-corrected chi connectivity index (χ2v) is 6.09. The number of rotatable bonds is 3. The molecule has 1 aliphatic heterocycles. The van der Waals surface area contributed by atoms with E-state index >= 15 is 0 Å². The summed E-state index contributed by atoms with van der Waals surface area (Å²) in [6.45, 7) is 4.29. The van der Waals surface area contributed by atoms with Crippen LogP contribution >= 0.6 is 11.6 Å². The SMILES string of the molecule is CC1CCCN(c2ccnc(Nc3ccc(F)c(Cl)c3)n2)C1. The first-order valence-electron chi connectivity index (χ1n) is 7.42. The molecule has 4 nitrogen and oxygen atoms in total. The van der Waals surface area contributed by atoms with Gasteiger partial charge in [-0.05, 0) is 43.0 Å². The van der Waals surface area contributed by atoms with Crippen LogP contribution in [-0.4, -0.2) is 23.1 Å². The van der Waals surface area contributed by atoms with Gasteiger partial charge in [0.2, 0.25) is 5.95 Å². The van der Waals surface area contributed by atoms with Gasteiger partial charge in [-0.3, -0.25) is 0 Å². The lowest BCUT2D eigenvalue weighted by atomic mass is 10.0. The molecule has 1 aromatic heterocycles. The molecule has 1 saturated heterocycles. The van der Waals surface area contributed by atoms with Crippen LogP contribution in [-0.2, 0) is 0 Å². The van der Waals surface area contributed by atoms with Crippen molar-refractivity contribution in [2.45, 2.75) is 19.8 Å². The number of aromatic nitrogens is 2. The Morgan fingerprint density at radius 1 is 1.36 bits per heavy atom. The van der Waals surface area contributed by atoms with Gasteiger partial charge in [0.1, 0.15) is 11.6 Å². The van der Waals surface area contributed by atoms with Gasteiger partial charge in [0.05, 0.1) is 5.02 Å². The number of benzene rings is 1. The van der Waals surface area contributed by atoms with Crippen molar-refractivity contribution in [2.24, 2.45) is 5.92 Å². The Balaban J connectivity index is 1.77. The van der Waals surface area contributed by atoms with E-state index in [-0.39, 0.29) is 5.02 Å². The van der Waals surface area contributed by atoms with Crippen molar-refractivity contribution in [3.05, 3.63) is 41.3 Å². The van der Waals surface area contributed by atoms with Crippen LogP contribution in [0, 0.1) is 11.7 Å². The molecule has 2 aromatic rings. The van der Waals surface area contributed by atoms with E-state index in [0.717, 1.165) is 18.9 Å². The van der Waals surface area contributed by atoms with E-state index in [9.17, 15) is 4.39 Å². The highest BCUT2D eigenvalue weighted by atomic mass is 35.5. The first-order chi connectivity index (χ1) is 10.6. The first-order valence-corrected chi connectivity index (χ1v) is 7.79. The molecule has 1 unspecified atom stereocenters. The molecule has 6 heteroatoms. The molecule has 0 aliphatic carbocycles. The van der Waals surface area contributed by atoms with Gasteiger partial charge in [-0.2, -0.15) is 4.98 Å². The molecule has 1 atom stereocenters. The molecule has 1 N–H and O–H groups in total. The van der Waals surface area contributed by atoms with Crippen LogP contribution in [0.1, 0.15) is 19.8 Å². The Labute approximate surface area is 134 Å². The van der Waals surface area contributed by atoms with Crippen LogP contribution in [0.5, 0.6) is 0 Å². The molecular weight excluding hydrogens is 303 g/mol. The fourth-order valence-electron chi connectivity index (χ4n) is 2.69. The second-order valence-electron chi connectivity index (χ2n) is 5.69. The van der Waals surface area contributed by atoms with Crippen LogP contribution in [0.25, 0.3) is 0 Å². The molecule has 0 radical (unpaired) electrons. The molecule has 0 saturated carbocycles. The highest BCUT2D eigenvalue weighted by molar-refractivity contribution is 6.31. The van der Waals surface area contributed by atoms with Gasteiger partial charge in [-0.15, -0.1) is 0 Å². The van der Waals surface area contributed by atoms with Crippen molar-refractivity contribution in [3.8, 4) is 0 Å². The topological polar surface area (TPSA) is 41.1 Å². The summed E-state index contributed by atoms with van der Waals surface area (Å²) in [5.74, 6) is 1.64. The fraction of sp³-hybridized carbons (Fsp3) is 0.375. The summed E-state index contributed by atoms with van der Waals surface area (Å²) in [6, 6.07) is 6.37. The van der Waals surface area contributed by atoms with E-state index in [1.807, 2.05) is 6.07 Å². The van der Waals surface area contributed by atoms with Crippen molar-refractivity contribution in [2.75, 3.05) is 23.3 Å². The average molecular weight is 321 g/mol. The molecule has 0 spiro atoms. The van der Waals surface area contributed by atoms with Gasteiger partial charge < -0.3 is 10.2 Å². The van der Waals surface area contributed by atoms with Crippen molar-refractivity contribution < 1.29 is 4.39 Å². The van der Waals surface area contributed by atoms with E-state index in [1.54, 1.807) is 12.3 Å². The van der Waals surface area contributed by atoms with Crippen molar-refractivity contribution in [1.29, 1.82) is 0 Å². The second kappa shape index (κ2) is 6.48. The fourth-order valence-corrected chi connectivity index (χ4v) is 2.87. The summed E-state index contributed by atoms with van der Waals surface area (Å²) in [7, 11) is 0. The molecule has 116 valence electrons. The number of anilines is 3. The quantitative estimate of drug-likeness (QED) is 0.918. The number of nitrogens with zero attached hydrogens (tertiary/aromatic N) is 3. The summed E-state index contributed by atoms with van der Waals surface area (Å²) in [5, 5.41) is 3.14. The molecule has 3 rings (SSSR count). The van der Waals surface area contributed by atoms with E-state index < -0.39 is 5.82 Å². The predicted molar refractivity (Wildman–Crippen MR) is 87.3 cm³/mol. The summed E-state index contributed by atoms with van der Waals surface area (Å²) < 4.78 is 13.2. The van der Waals surface area contributed by atoms with Gasteiger partial charge in [-0.1, -0.05) is 18.5 Å². The Kier molecular flexibility index (Phi) is 4.43. The standard InChI is InChI=1S/C16H18ClFN4/c1-11-3-2-8-22(10-11)15-6-7-19-16(21-15)20-12-4-5-14(18)13(17)9-12/h4-7,9,11H,2-3,8,10H2,1H3,(H,19,20,21). The van der Waals surface area contributed by atoms with Crippen LogP contribution in [0.15, 0.2) is 30.5 Å². The number of hydrogen-bond acceptors (Lipinski definition) is 4. The molecule has 1 aromatic carbocycles. The zero-order valence-electron chi connectivity index (χ0n) is 12.4. The maximum Gasteiger partial charge on any atom is 0.229 e. The van der Waals surface area contributed by atoms with Gasteiger partial charge in [0.15, 0.2) is 0 Å². The third-order valence-electron chi connectivity index (χ3n) is 3.80. The Bertz CT molecular complexity index is 664. The van der Waals surface area contributed by atoms with Gasteiger partial charge >= 0.3 is 0 Å². The van der Waals surface area contributed by atoms with Crippen LogP contribution < -0.4 is 10.2 Å². The molecule has 1 fully saturated rings. The smallest absolute Gasteiger partial charge is 0.229 e. The van der Waals surface area contributed by atoms with E-state index in [2.05, 4.69) is 27.1 Å². The minimum atomic E-state index is -0.441. The Hall–Kier alpha value is -1.88. The van der Waals surface area contributed by atoms with Crippen LogP contribution in [0.4, 0.5) is 21.8 Å². The molecule has 1 aliphatic rings. The lowest BCUT2D eigenvalue weighted by molar-refractivity contribution is 0.444.